The number of amides is 2. The maximum atomic E-state index is 12.6. The number of carbonyl (C=O) groups is 2. The van der Waals surface area contributed by atoms with Gasteiger partial charge in [-0.25, -0.2) is 0 Å². The minimum absolute atomic E-state index is 0.0502. The molecule has 3 N–H and O–H groups in total. The van der Waals surface area contributed by atoms with E-state index in [0.29, 0.717) is 12.1 Å². The van der Waals surface area contributed by atoms with E-state index in [-0.39, 0.29) is 23.7 Å². The van der Waals surface area contributed by atoms with Crippen LogP contribution >= 0.6 is 0 Å². The SMILES string of the molecule is CC(C)C(NC(=O)c1ccccc1)C(=O)NCC(C)(C)C(O)C(C)C. The summed E-state index contributed by atoms with van der Waals surface area (Å²) >= 11 is 0. The van der Waals surface area contributed by atoms with Gasteiger partial charge in [-0.15, -0.1) is 0 Å². The molecular weight excluding hydrogens is 316 g/mol. The van der Waals surface area contributed by atoms with Crippen molar-refractivity contribution in [2.45, 2.75) is 53.7 Å². The number of hydrogen-bond acceptors (Lipinski definition) is 3. The molecule has 0 aliphatic carbocycles. The second kappa shape index (κ2) is 8.99. The summed E-state index contributed by atoms with van der Waals surface area (Å²) in [5.74, 6) is -0.449. The van der Waals surface area contributed by atoms with Crippen molar-refractivity contribution in [1.82, 2.24) is 10.6 Å². The molecule has 2 unspecified atom stereocenters. The molecule has 0 aromatic heterocycles. The largest absolute Gasteiger partial charge is 0.392 e. The maximum Gasteiger partial charge on any atom is 0.251 e. The molecule has 5 nitrogen and oxygen atoms in total. The van der Waals surface area contributed by atoms with Crippen LogP contribution in [0.15, 0.2) is 30.3 Å². The summed E-state index contributed by atoms with van der Waals surface area (Å²) < 4.78 is 0. The lowest BCUT2D eigenvalue weighted by Gasteiger charge is -2.34. The third kappa shape index (κ3) is 6.16. The predicted molar refractivity (Wildman–Crippen MR) is 100 cm³/mol. The Morgan fingerprint density at radius 2 is 1.60 bits per heavy atom. The molecule has 0 bridgehead atoms. The van der Waals surface area contributed by atoms with Crippen LogP contribution in [0.5, 0.6) is 0 Å². The summed E-state index contributed by atoms with van der Waals surface area (Å²) in [6, 6.07) is 8.22. The molecule has 0 aliphatic heterocycles. The van der Waals surface area contributed by atoms with Crippen LogP contribution in [0.4, 0.5) is 0 Å². The Morgan fingerprint density at radius 1 is 1.04 bits per heavy atom. The van der Waals surface area contributed by atoms with Crippen molar-refractivity contribution >= 4 is 11.8 Å². The summed E-state index contributed by atoms with van der Waals surface area (Å²) in [6.45, 7) is 11.9. The molecule has 1 aromatic carbocycles. The van der Waals surface area contributed by atoms with Gasteiger partial charge in [-0.05, 0) is 24.0 Å². The smallest absolute Gasteiger partial charge is 0.251 e. The van der Waals surface area contributed by atoms with Crippen molar-refractivity contribution < 1.29 is 14.7 Å². The van der Waals surface area contributed by atoms with Crippen molar-refractivity contribution in [1.29, 1.82) is 0 Å². The summed E-state index contributed by atoms with van der Waals surface area (Å²) in [7, 11) is 0. The Labute approximate surface area is 151 Å². The van der Waals surface area contributed by atoms with E-state index in [4.69, 9.17) is 0 Å². The van der Waals surface area contributed by atoms with Gasteiger partial charge in [0.1, 0.15) is 6.04 Å². The number of aliphatic hydroxyl groups excluding tert-OH is 1. The molecule has 5 heteroatoms. The zero-order valence-electron chi connectivity index (χ0n) is 16.2. The van der Waals surface area contributed by atoms with Crippen LogP contribution in [0, 0.1) is 17.3 Å². The fourth-order valence-electron chi connectivity index (χ4n) is 2.78. The summed E-state index contributed by atoms with van der Waals surface area (Å²) in [4.78, 5) is 24.9. The Bertz CT molecular complexity index is 568. The highest BCUT2D eigenvalue weighted by atomic mass is 16.3. The van der Waals surface area contributed by atoms with Gasteiger partial charge in [-0.3, -0.25) is 9.59 Å². The van der Waals surface area contributed by atoms with E-state index in [1.54, 1.807) is 24.3 Å². The van der Waals surface area contributed by atoms with Crippen LogP contribution in [-0.2, 0) is 4.79 Å². The highest BCUT2D eigenvalue weighted by Gasteiger charge is 2.32. The van der Waals surface area contributed by atoms with Gasteiger partial charge >= 0.3 is 0 Å². The monoisotopic (exact) mass is 348 g/mol. The first-order valence-electron chi connectivity index (χ1n) is 8.88. The second-order valence-electron chi connectivity index (χ2n) is 7.96. The molecule has 1 rings (SSSR count). The summed E-state index contributed by atoms with van der Waals surface area (Å²) in [5.41, 5.74) is 0.0749. The average Bonchev–Trinajstić information content (AvgIpc) is 2.57. The number of carbonyl (C=O) groups excluding carboxylic acids is 2. The molecule has 25 heavy (non-hydrogen) atoms. The van der Waals surface area contributed by atoms with Crippen LogP contribution in [-0.4, -0.2) is 35.6 Å². The van der Waals surface area contributed by atoms with Crippen molar-refractivity contribution in [3.05, 3.63) is 35.9 Å². The molecule has 0 saturated heterocycles. The van der Waals surface area contributed by atoms with E-state index in [1.807, 2.05) is 47.6 Å². The van der Waals surface area contributed by atoms with Gasteiger partial charge in [0.25, 0.3) is 5.91 Å². The number of aliphatic hydroxyl groups is 1. The topological polar surface area (TPSA) is 78.4 Å². The van der Waals surface area contributed by atoms with Crippen molar-refractivity contribution in [2.24, 2.45) is 17.3 Å². The third-order valence-corrected chi connectivity index (χ3v) is 4.42. The highest BCUT2D eigenvalue weighted by Crippen LogP contribution is 2.25. The molecule has 0 saturated carbocycles. The van der Waals surface area contributed by atoms with Gasteiger partial charge < -0.3 is 15.7 Å². The summed E-state index contributed by atoms with van der Waals surface area (Å²) in [5, 5.41) is 16.0. The van der Waals surface area contributed by atoms with Crippen LogP contribution in [0.3, 0.4) is 0 Å². The first-order valence-corrected chi connectivity index (χ1v) is 8.88. The second-order valence-corrected chi connectivity index (χ2v) is 7.96. The van der Waals surface area contributed by atoms with E-state index in [2.05, 4.69) is 10.6 Å². The molecule has 0 heterocycles. The Morgan fingerprint density at radius 3 is 2.08 bits per heavy atom. The van der Waals surface area contributed by atoms with Crippen LogP contribution < -0.4 is 10.6 Å². The lowest BCUT2D eigenvalue weighted by atomic mass is 9.80. The van der Waals surface area contributed by atoms with Gasteiger partial charge in [0.05, 0.1) is 6.10 Å². The molecule has 2 atom stereocenters. The van der Waals surface area contributed by atoms with E-state index < -0.39 is 17.6 Å². The minimum atomic E-state index is -0.625. The first-order chi connectivity index (χ1) is 11.6. The number of nitrogens with one attached hydrogen (secondary N) is 2. The maximum absolute atomic E-state index is 12.6. The molecule has 140 valence electrons. The number of hydrogen-bond donors (Lipinski definition) is 3. The minimum Gasteiger partial charge on any atom is -0.392 e. The van der Waals surface area contributed by atoms with Gasteiger partial charge in [0.2, 0.25) is 5.91 Å². The normalized spacial score (nSPS) is 14.3. The summed E-state index contributed by atoms with van der Waals surface area (Å²) in [6.07, 6.45) is -0.524. The van der Waals surface area contributed by atoms with Gasteiger partial charge in [0, 0.05) is 17.5 Å². The molecule has 1 aromatic rings. The molecular formula is C20H32N2O3. The Kier molecular flexibility index (Phi) is 7.61. The van der Waals surface area contributed by atoms with E-state index in [9.17, 15) is 14.7 Å². The van der Waals surface area contributed by atoms with Gasteiger partial charge in [-0.1, -0.05) is 59.7 Å². The van der Waals surface area contributed by atoms with Crippen LogP contribution in [0.1, 0.15) is 51.9 Å². The van der Waals surface area contributed by atoms with Crippen molar-refractivity contribution in [3.63, 3.8) is 0 Å². The van der Waals surface area contributed by atoms with E-state index >= 15 is 0 Å². The highest BCUT2D eigenvalue weighted by molar-refractivity contribution is 5.97. The Balaban J connectivity index is 2.73. The first kappa shape index (κ1) is 21.2. The fourth-order valence-corrected chi connectivity index (χ4v) is 2.78. The predicted octanol–water partition coefficient (Wildman–Crippen LogP) is 2.60. The van der Waals surface area contributed by atoms with Crippen molar-refractivity contribution in [3.8, 4) is 0 Å². The molecule has 0 fully saturated rings. The molecule has 0 spiro atoms. The molecule has 0 radical (unpaired) electrons. The Hall–Kier alpha value is -1.88. The number of rotatable bonds is 8. The third-order valence-electron chi connectivity index (χ3n) is 4.42. The average molecular weight is 348 g/mol. The van der Waals surface area contributed by atoms with Gasteiger partial charge in [-0.2, -0.15) is 0 Å². The zero-order chi connectivity index (χ0) is 19.2. The van der Waals surface area contributed by atoms with Crippen LogP contribution in [0.2, 0.25) is 0 Å². The fraction of sp³-hybridized carbons (Fsp3) is 0.600. The molecule has 0 aliphatic rings. The zero-order valence-corrected chi connectivity index (χ0v) is 16.2. The molecule has 2 amide bonds. The van der Waals surface area contributed by atoms with E-state index in [0.717, 1.165) is 0 Å². The van der Waals surface area contributed by atoms with Crippen LogP contribution in [0.25, 0.3) is 0 Å². The lowest BCUT2D eigenvalue weighted by molar-refractivity contribution is -0.125. The standard InChI is InChI=1S/C20H32N2O3/c1-13(2)16(22-18(24)15-10-8-7-9-11-15)19(25)21-12-20(5,6)17(23)14(3)4/h7-11,13-14,16-17,23H,12H2,1-6H3,(H,21,25)(H,22,24). The lowest BCUT2D eigenvalue weighted by Crippen LogP contribution is -2.52. The quantitative estimate of drug-likeness (QED) is 0.676. The van der Waals surface area contributed by atoms with E-state index in [1.165, 1.54) is 0 Å². The number of benzene rings is 1. The van der Waals surface area contributed by atoms with Crippen molar-refractivity contribution in [2.75, 3.05) is 6.54 Å². The van der Waals surface area contributed by atoms with Gasteiger partial charge in [0.15, 0.2) is 0 Å².